The first-order valence-corrected chi connectivity index (χ1v) is 10.8. The highest BCUT2D eigenvalue weighted by Gasteiger charge is 2.27. The second-order valence-electron chi connectivity index (χ2n) is 7.18. The molecular weight excluding hydrogens is 412 g/mol. The maximum atomic E-state index is 12.6. The lowest BCUT2D eigenvalue weighted by Crippen LogP contribution is -2.41. The maximum Gasteiger partial charge on any atom is 0.255 e. The Morgan fingerprint density at radius 2 is 1.97 bits per heavy atom. The SMILES string of the molecule is Cn1c(N2CCOC(c3nc(-c4ccccc4)cs3)C2)nc(-c2ccncn2)cc1=O. The summed E-state index contributed by atoms with van der Waals surface area (Å²) in [4.78, 5) is 32.4. The molecule has 1 aliphatic rings. The van der Waals surface area contributed by atoms with E-state index in [-0.39, 0.29) is 11.7 Å². The predicted molar refractivity (Wildman–Crippen MR) is 119 cm³/mol. The van der Waals surface area contributed by atoms with Crippen LogP contribution in [0.5, 0.6) is 0 Å². The van der Waals surface area contributed by atoms with Crippen molar-refractivity contribution in [2.45, 2.75) is 6.10 Å². The topological polar surface area (TPSA) is 86.0 Å². The van der Waals surface area contributed by atoms with Crippen molar-refractivity contribution < 1.29 is 4.74 Å². The Kier molecular flexibility index (Phi) is 5.27. The monoisotopic (exact) mass is 432 g/mol. The lowest BCUT2D eigenvalue weighted by atomic mass is 10.2. The fourth-order valence-electron chi connectivity index (χ4n) is 3.54. The quantitative estimate of drug-likeness (QED) is 0.490. The molecule has 0 spiro atoms. The number of benzene rings is 1. The molecule has 1 fully saturated rings. The molecule has 9 heteroatoms. The Balaban J connectivity index is 1.43. The molecule has 8 nitrogen and oxygen atoms in total. The molecule has 3 aromatic heterocycles. The molecule has 4 heterocycles. The van der Waals surface area contributed by atoms with Gasteiger partial charge in [-0.05, 0) is 6.07 Å². The molecule has 0 saturated carbocycles. The Bertz CT molecular complexity index is 1240. The van der Waals surface area contributed by atoms with Crippen molar-refractivity contribution in [1.29, 1.82) is 0 Å². The molecule has 1 aliphatic heterocycles. The number of thiazole rings is 1. The molecule has 1 atom stereocenters. The summed E-state index contributed by atoms with van der Waals surface area (Å²) in [5.41, 5.74) is 3.04. The van der Waals surface area contributed by atoms with Gasteiger partial charge in [-0.1, -0.05) is 30.3 Å². The summed E-state index contributed by atoms with van der Waals surface area (Å²) >= 11 is 1.59. The van der Waals surface area contributed by atoms with Crippen molar-refractivity contribution in [3.8, 4) is 22.6 Å². The summed E-state index contributed by atoms with van der Waals surface area (Å²) in [5.74, 6) is 0.592. The van der Waals surface area contributed by atoms with Crippen molar-refractivity contribution in [2.75, 3.05) is 24.6 Å². The highest BCUT2D eigenvalue weighted by atomic mass is 32.1. The Morgan fingerprint density at radius 3 is 2.77 bits per heavy atom. The normalized spacial score (nSPS) is 16.4. The van der Waals surface area contributed by atoms with Gasteiger partial charge in [0.1, 0.15) is 17.4 Å². The van der Waals surface area contributed by atoms with E-state index in [9.17, 15) is 4.79 Å². The zero-order valence-corrected chi connectivity index (χ0v) is 17.7. The summed E-state index contributed by atoms with van der Waals surface area (Å²) in [6.45, 7) is 1.73. The average molecular weight is 433 g/mol. The van der Waals surface area contributed by atoms with E-state index in [4.69, 9.17) is 14.7 Å². The van der Waals surface area contributed by atoms with E-state index in [1.165, 1.54) is 12.4 Å². The minimum atomic E-state index is -0.184. The Morgan fingerprint density at radius 1 is 1.10 bits per heavy atom. The largest absolute Gasteiger partial charge is 0.367 e. The third-order valence-electron chi connectivity index (χ3n) is 5.17. The van der Waals surface area contributed by atoms with Gasteiger partial charge in [-0.25, -0.2) is 19.9 Å². The highest BCUT2D eigenvalue weighted by Crippen LogP contribution is 2.30. The van der Waals surface area contributed by atoms with E-state index in [0.717, 1.165) is 16.3 Å². The highest BCUT2D eigenvalue weighted by molar-refractivity contribution is 7.10. The molecule has 1 aromatic carbocycles. The van der Waals surface area contributed by atoms with Gasteiger partial charge < -0.3 is 9.64 Å². The van der Waals surface area contributed by atoms with Gasteiger partial charge in [-0.2, -0.15) is 0 Å². The first kappa shape index (κ1) is 19.5. The van der Waals surface area contributed by atoms with Gasteiger partial charge in [0.2, 0.25) is 5.95 Å². The zero-order chi connectivity index (χ0) is 21.2. The molecule has 5 rings (SSSR count). The molecule has 0 amide bonds. The molecule has 1 saturated heterocycles. The van der Waals surface area contributed by atoms with Crippen molar-refractivity contribution in [2.24, 2.45) is 7.05 Å². The Hall–Kier alpha value is -3.43. The number of hydrogen-bond donors (Lipinski definition) is 0. The van der Waals surface area contributed by atoms with E-state index in [1.807, 2.05) is 30.3 Å². The summed E-state index contributed by atoms with van der Waals surface area (Å²) in [5, 5.41) is 2.97. The molecule has 156 valence electrons. The molecule has 0 radical (unpaired) electrons. The van der Waals surface area contributed by atoms with Crippen LogP contribution < -0.4 is 10.5 Å². The van der Waals surface area contributed by atoms with Gasteiger partial charge in [0.05, 0.1) is 30.2 Å². The minimum Gasteiger partial charge on any atom is -0.367 e. The van der Waals surface area contributed by atoms with Crippen LogP contribution in [-0.4, -0.2) is 44.2 Å². The predicted octanol–water partition coefficient (Wildman–Crippen LogP) is 2.94. The molecule has 0 bridgehead atoms. The van der Waals surface area contributed by atoms with Crippen molar-refractivity contribution in [3.63, 3.8) is 0 Å². The number of anilines is 1. The number of morpholine rings is 1. The van der Waals surface area contributed by atoms with E-state index in [1.54, 1.807) is 35.2 Å². The van der Waals surface area contributed by atoms with Crippen LogP contribution >= 0.6 is 11.3 Å². The molecule has 0 aliphatic carbocycles. The smallest absolute Gasteiger partial charge is 0.255 e. The maximum absolute atomic E-state index is 12.6. The number of nitrogens with zero attached hydrogens (tertiary/aromatic N) is 6. The van der Waals surface area contributed by atoms with Crippen LogP contribution in [0.15, 0.2) is 65.2 Å². The summed E-state index contributed by atoms with van der Waals surface area (Å²) < 4.78 is 7.58. The fraction of sp³-hybridized carbons (Fsp3) is 0.227. The third-order valence-corrected chi connectivity index (χ3v) is 6.11. The first-order chi connectivity index (χ1) is 15.2. The summed E-state index contributed by atoms with van der Waals surface area (Å²) in [6, 6.07) is 13.3. The number of rotatable bonds is 4. The van der Waals surface area contributed by atoms with Crippen LogP contribution in [0.1, 0.15) is 11.1 Å². The van der Waals surface area contributed by atoms with Crippen LogP contribution in [0, 0.1) is 0 Å². The first-order valence-electron chi connectivity index (χ1n) is 9.91. The summed E-state index contributed by atoms with van der Waals surface area (Å²) in [7, 11) is 1.73. The van der Waals surface area contributed by atoms with Gasteiger partial charge >= 0.3 is 0 Å². The van der Waals surface area contributed by atoms with Gasteiger partial charge in [-0.15, -0.1) is 11.3 Å². The van der Waals surface area contributed by atoms with Crippen LogP contribution in [0.3, 0.4) is 0 Å². The second-order valence-corrected chi connectivity index (χ2v) is 8.07. The lowest BCUT2D eigenvalue weighted by Gasteiger charge is -2.33. The second kappa shape index (κ2) is 8.37. The molecule has 31 heavy (non-hydrogen) atoms. The van der Waals surface area contributed by atoms with Crippen LogP contribution in [0.25, 0.3) is 22.6 Å². The fourth-order valence-corrected chi connectivity index (χ4v) is 4.41. The third kappa shape index (κ3) is 3.97. The van der Waals surface area contributed by atoms with Gasteiger partial charge in [0, 0.05) is 36.8 Å². The van der Waals surface area contributed by atoms with Gasteiger partial charge in [0.25, 0.3) is 5.56 Å². The number of hydrogen-bond acceptors (Lipinski definition) is 8. The lowest BCUT2D eigenvalue weighted by molar-refractivity contribution is 0.0389. The molecule has 1 unspecified atom stereocenters. The Labute approximate surface area is 182 Å². The number of ether oxygens (including phenoxy) is 1. The standard InChI is InChI=1S/C22H20N6O2S/c1-27-20(29)11-17(16-7-8-23-14-24-16)26-22(27)28-9-10-30-19(12-28)21-25-18(13-31-21)15-5-3-2-4-6-15/h2-8,11,13-14,19H,9-10,12H2,1H3. The minimum absolute atomic E-state index is 0.137. The zero-order valence-electron chi connectivity index (χ0n) is 16.9. The molecular formula is C22H20N6O2S. The molecule has 4 aromatic rings. The average Bonchev–Trinajstić information content (AvgIpc) is 3.32. The summed E-state index contributed by atoms with van der Waals surface area (Å²) in [6.07, 6.45) is 2.90. The van der Waals surface area contributed by atoms with E-state index < -0.39 is 0 Å². The number of aromatic nitrogens is 5. The van der Waals surface area contributed by atoms with Crippen molar-refractivity contribution in [3.05, 3.63) is 75.7 Å². The van der Waals surface area contributed by atoms with E-state index in [0.29, 0.717) is 37.0 Å². The van der Waals surface area contributed by atoms with E-state index >= 15 is 0 Å². The molecule has 0 N–H and O–H groups in total. The van der Waals surface area contributed by atoms with Gasteiger partial charge in [-0.3, -0.25) is 9.36 Å². The van der Waals surface area contributed by atoms with Crippen molar-refractivity contribution in [1.82, 2.24) is 24.5 Å². The van der Waals surface area contributed by atoms with Crippen LogP contribution in [0.4, 0.5) is 5.95 Å². The van der Waals surface area contributed by atoms with Crippen molar-refractivity contribution >= 4 is 17.3 Å². The van der Waals surface area contributed by atoms with E-state index in [2.05, 4.69) is 20.2 Å². The van der Waals surface area contributed by atoms with Crippen LogP contribution in [-0.2, 0) is 11.8 Å². The van der Waals surface area contributed by atoms with Gasteiger partial charge in [0.15, 0.2) is 0 Å². The van der Waals surface area contributed by atoms with Crippen LogP contribution in [0.2, 0.25) is 0 Å².